The summed E-state index contributed by atoms with van der Waals surface area (Å²) in [5, 5.41) is 7.72. The number of benzene rings is 3. The monoisotopic (exact) mass is 694 g/mol. The minimum atomic E-state index is -0.980. The Balaban J connectivity index is 0.857. The third kappa shape index (κ3) is 6.80. The summed E-state index contributed by atoms with van der Waals surface area (Å²) in [6.45, 7) is 4.12. The maximum Gasteiger partial charge on any atom is 0.263 e. The zero-order valence-corrected chi connectivity index (χ0v) is 28.3. The van der Waals surface area contributed by atoms with Crippen molar-refractivity contribution in [1.29, 1.82) is 0 Å². The molecule has 0 bridgehead atoms. The fourth-order valence-electron chi connectivity index (χ4n) is 7.11. The molecule has 4 aromatic rings. The van der Waals surface area contributed by atoms with E-state index in [0.717, 1.165) is 54.9 Å². The van der Waals surface area contributed by atoms with Gasteiger partial charge in [-0.2, -0.15) is 5.10 Å². The van der Waals surface area contributed by atoms with Crippen LogP contribution < -0.4 is 11.1 Å². The Morgan fingerprint density at radius 1 is 0.980 bits per heavy atom. The van der Waals surface area contributed by atoms with Crippen molar-refractivity contribution in [1.82, 2.24) is 24.9 Å². The van der Waals surface area contributed by atoms with Gasteiger partial charge in [0.2, 0.25) is 11.8 Å². The Bertz CT molecular complexity index is 1980. The molecule has 1 aromatic heterocycles. The SMILES string of the molecule is NC(=O)c1cccc2cn(-c3ccc([C@@H]4CCCN(CCCOCCSc5cccc6c5C(=O)N(C5CCC(=O)NC5=O)C6=O)C4)cc3)nc12. The average molecular weight is 695 g/mol. The summed E-state index contributed by atoms with van der Waals surface area (Å²) in [5.74, 6) is -1.44. The Morgan fingerprint density at radius 3 is 2.60 bits per heavy atom. The van der Waals surface area contributed by atoms with Crippen LogP contribution in [0.3, 0.4) is 0 Å². The molecule has 13 heteroatoms. The molecule has 2 atom stereocenters. The molecular weight excluding hydrogens is 657 g/mol. The number of ether oxygens (including phenoxy) is 1. The number of carbonyl (C=O) groups excluding carboxylic acids is 5. The Labute approximate surface area is 293 Å². The molecule has 0 aliphatic carbocycles. The maximum atomic E-state index is 13.3. The van der Waals surface area contributed by atoms with Crippen molar-refractivity contribution in [2.24, 2.45) is 5.73 Å². The lowest BCUT2D eigenvalue weighted by Gasteiger charge is -2.33. The summed E-state index contributed by atoms with van der Waals surface area (Å²) in [5.41, 5.74) is 9.37. The molecule has 0 radical (unpaired) electrons. The second-order valence-corrected chi connectivity index (χ2v) is 14.0. The topological polar surface area (TPSA) is 157 Å². The van der Waals surface area contributed by atoms with Crippen molar-refractivity contribution in [2.75, 3.05) is 38.6 Å². The second kappa shape index (κ2) is 14.6. The molecule has 3 aromatic carbocycles. The van der Waals surface area contributed by atoms with E-state index in [0.29, 0.717) is 46.4 Å². The number of amides is 5. The van der Waals surface area contributed by atoms with Crippen molar-refractivity contribution in [3.05, 3.63) is 89.1 Å². The standard InChI is InChI=1S/C37H38N6O6S/c38-34(45)28-8-1-5-25-22-42(40-33(25)28)26-12-10-23(11-13-26)24-6-3-16-41(21-24)17-4-18-49-19-20-50-30-9-2-7-27-32(30)37(48)43(36(27)47)29-14-15-31(44)39-35(29)46/h1-2,5,7-13,22,24,29H,3-4,6,14-21H2,(H2,38,45)(H,39,44,46)/t24-,29?/m1/s1. The molecule has 2 saturated heterocycles. The van der Waals surface area contributed by atoms with E-state index in [1.165, 1.54) is 17.3 Å². The number of hydrogen-bond acceptors (Lipinski definition) is 9. The molecule has 3 aliphatic rings. The molecular formula is C37H38N6O6S. The number of nitrogens with zero attached hydrogens (tertiary/aromatic N) is 4. The van der Waals surface area contributed by atoms with E-state index in [-0.39, 0.29) is 18.4 Å². The largest absolute Gasteiger partial charge is 0.381 e. The first-order chi connectivity index (χ1) is 24.3. The maximum absolute atomic E-state index is 13.3. The lowest BCUT2D eigenvalue weighted by Crippen LogP contribution is -2.54. The van der Waals surface area contributed by atoms with E-state index in [1.54, 1.807) is 22.9 Å². The van der Waals surface area contributed by atoms with Gasteiger partial charge in [0.25, 0.3) is 17.7 Å². The Morgan fingerprint density at radius 2 is 1.80 bits per heavy atom. The number of thioether (sulfide) groups is 1. The summed E-state index contributed by atoms with van der Waals surface area (Å²) in [6, 6.07) is 18.1. The molecule has 1 unspecified atom stereocenters. The molecule has 50 heavy (non-hydrogen) atoms. The summed E-state index contributed by atoms with van der Waals surface area (Å²) >= 11 is 1.45. The molecule has 3 aliphatic heterocycles. The number of primary amides is 1. The van der Waals surface area contributed by atoms with Crippen LogP contribution in [-0.4, -0.2) is 93.8 Å². The first-order valence-corrected chi connectivity index (χ1v) is 17.9. The van der Waals surface area contributed by atoms with E-state index in [4.69, 9.17) is 10.5 Å². The smallest absolute Gasteiger partial charge is 0.263 e. The van der Waals surface area contributed by atoms with Crippen LogP contribution in [0.2, 0.25) is 0 Å². The van der Waals surface area contributed by atoms with Gasteiger partial charge in [-0.1, -0.05) is 30.3 Å². The number of carbonyl (C=O) groups is 5. The van der Waals surface area contributed by atoms with Gasteiger partial charge in [-0.3, -0.25) is 34.2 Å². The van der Waals surface area contributed by atoms with Crippen LogP contribution in [0.15, 0.2) is 71.8 Å². The van der Waals surface area contributed by atoms with Crippen molar-refractivity contribution in [2.45, 2.75) is 49.0 Å². The summed E-state index contributed by atoms with van der Waals surface area (Å²) in [6.07, 6.45) is 5.31. The van der Waals surface area contributed by atoms with Crippen LogP contribution >= 0.6 is 11.8 Å². The normalized spacial score (nSPS) is 19.6. The number of fused-ring (bicyclic) bond motifs is 2. The fourth-order valence-corrected chi connectivity index (χ4v) is 8.05. The molecule has 258 valence electrons. The van der Waals surface area contributed by atoms with Gasteiger partial charge in [-0.15, -0.1) is 11.8 Å². The predicted octanol–water partition coefficient (Wildman–Crippen LogP) is 3.90. The Hall–Kier alpha value is -4.85. The molecule has 3 N–H and O–H groups in total. The lowest BCUT2D eigenvalue weighted by molar-refractivity contribution is -0.136. The zero-order valence-electron chi connectivity index (χ0n) is 27.5. The van der Waals surface area contributed by atoms with Gasteiger partial charge in [0.15, 0.2) is 0 Å². The number of hydrogen-bond donors (Lipinski definition) is 2. The number of rotatable bonds is 12. The predicted molar refractivity (Wildman–Crippen MR) is 187 cm³/mol. The first kappa shape index (κ1) is 33.6. The number of piperidine rings is 2. The zero-order chi connectivity index (χ0) is 34.8. The highest BCUT2D eigenvalue weighted by molar-refractivity contribution is 7.99. The van der Waals surface area contributed by atoms with Crippen molar-refractivity contribution in [3.63, 3.8) is 0 Å². The molecule has 5 amide bonds. The van der Waals surface area contributed by atoms with Crippen LogP contribution in [-0.2, 0) is 14.3 Å². The van der Waals surface area contributed by atoms with Gasteiger partial charge in [0.05, 0.1) is 29.0 Å². The number of nitrogens with two attached hydrogens (primary N) is 1. The lowest BCUT2D eigenvalue weighted by atomic mass is 9.90. The number of nitrogens with one attached hydrogen (secondary N) is 1. The third-order valence-electron chi connectivity index (χ3n) is 9.61. The quantitative estimate of drug-likeness (QED) is 0.128. The van der Waals surface area contributed by atoms with E-state index in [1.807, 2.05) is 24.4 Å². The van der Waals surface area contributed by atoms with Gasteiger partial charge in [-0.25, -0.2) is 4.68 Å². The molecule has 0 spiro atoms. The minimum Gasteiger partial charge on any atom is -0.381 e. The molecule has 4 heterocycles. The van der Waals surface area contributed by atoms with Gasteiger partial charge >= 0.3 is 0 Å². The third-order valence-corrected chi connectivity index (χ3v) is 10.6. The van der Waals surface area contributed by atoms with E-state index in [9.17, 15) is 24.0 Å². The summed E-state index contributed by atoms with van der Waals surface area (Å²) in [7, 11) is 0. The van der Waals surface area contributed by atoms with E-state index >= 15 is 0 Å². The first-order valence-electron chi connectivity index (χ1n) is 16.9. The van der Waals surface area contributed by atoms with Crippen LogP contribution in [0, 0.1) is 0 Å². The highest BCUT2D eigenvalue weighted by Gasteiger charge is 2.45. The van der Waals surface area contributed by atoms with Crippen molar-refractivity contribution in [3.8, 4) is 5.69 Å². The van der Waals surface area contributed by atoms with Gasteiger partial charge in [0.1, 0.15) is 11.6 Å². The number of likely N-dealkylation sites (tertiary alicyclic amines) is 1. The number of aromatic nitrogens is 2. The van der Waals surface area contributed by atoms with Gasteiger partial charge in [0, 0.05) is 48.3 Å². The summed E-state index contributed by atoms with van der Waals surface area (Å²) in [4.78, 5) is 66.3. The Kier molecular flexibility index (Phi) is 9.79. The molecule has 12 nitrogen and oxygen atoms in total. The van der Waals surface area contributed by atoms with Crippen LogP contribution in [0.25, 0.3) is 16.6 Å². The molecule has 0 saturated carbocycles. The van der Waals surface area contributed by atoms with E-state index < -0.39 is 35.6 Å². The van der Waals surface area contributed by atoms with Gasteiger partial charge in [-0.05, 0) is 74.0 Å². The highest BCUT2D eigenvalue weighted by atomic mass is 32.2. The van der Waals surface area contributed by atoms with Gasteiger partial charge < -0.3 is 15.4 Å². The highest BCUT2D eigenvalue weighted by Crippen LogP contribution is 2.34. The minimum absolute atomic E-state index is 0.0869. The van der Waals surface area contributed by atoms with Crippen LogP contribution in [0.5, 0.6) is 0 Å². The van der Waals surface area contributed by atoms with Crippen molar-refractivity contribution < 1.29 is 28.7 Å². The van der Waals surface area contributed by atoms with E-state index in [2.05, 4.69) is 39.6 Å². The molecule has 2 fully saturated rings. The van der Waals surface area contributed by atoms with Crippen molar-refractivity contribution >= 4 is 52.2 Å². The van der Waals surface area contributed by atoms with Crippen LogP contribution in [0.4, 0.5) is 0 Å². The summed E-state index contributed by atoms with van der Waals surface area (Å²) < 4.78 is 7.72. The number of imide groups is 2. The van der Waals surface area contributed by atoms with Crippen LogP contribution in [0.1, 0.15) is 74.7 Å². The fraction of sp³-hybridized carbons (Fsp3) is 0.351. The average Bonchev–Trinajstić information content (AvgIpc) is 3.67. The molecule has 7 rings (SSSR count). The second-order valence-electron chi connectivity index (χ2n) is 12.9.